The first kappa shape index (κ1) is 20.9. The Morgan fingerprint density at radius 3 is 2.74 bits per heavy atom. The van der Waals surface area contributed by atoms with Gasteiger partial charge in [0.05, 0.1) is 12.0 Å². The topological polar surface area (TPSA) is 82.0 Å². The third-order valence-corrected chi connectivity index (χ3v) is 6.91. The molecular formula is C26H28N6O2. The van der Waals surface area contributed by atoms with Crippen molar-refractivity contribution < 1.29 is 9.21 Å². The van der Waals surface area contributed by atoms with Crippen molar-refractivity contribution in [2.45, 2.75) is 51.0 Å². The van der Waals surface area contributed by atoms with E-state index < -0.39 is 0 Å². The Bertz CT molecular complexity index is 1270. The fourth-order valence-electron chi connectivity index (χ4n) is 5.19. The summed E-state index contributed by atoms with van der Waals surface area (Å²) in [5.41, 5.74) is 2.03. The van der Waals surface area contributed by atoms with Gasteiger partial charge >= 0.3 is 0 Å². The number of carbonyl (C=O) groups is 1. The number of fused-ring (bicyclic) bond motifs is 1. The number of likely N-dealkylation sites (tertiary alicyclic amines) is 1. The number of piperidine rings is 1. The molecule has 0 aliphatic carbocycles. The quantitative estimate of drug-likeness (QED) is 0.453. The predicted octanol–water partition coefficient (Wildman–Crippen LogP) is 4.47. The highest BCUT2D eigenvalue weighted by molar-refractivity contribution is 5.94. The summed E-state index contributed by atoms with van der Waals surface area (Å²) in [5.74, 6) is 2.97. The number of rotatable bonds is 4. The number of amides is 1. The normalized spacial score (nSPS) is 18.5. The molecule has 8 nitrogen and oxygen atoms in total. The van der Waals surface area contributed by atoms with Crippen LogP contribution in [0.4, 0.5) is 0 Å². The van der Waals surface area contributed by atoms with Crippen molar-refractivity contribution in [1.82, 2.24) is 29.4 Å². The summed E-state index contributed by atoms with van der Waals surface area (Å²) >= 11 is 0. The molecule has 3 aromatic heterocycles. The zero-order chi connectivity index (χ0) is 22.9. The Kier molecular flexibility index (Phi) is 5.49. The number of para-hydroxylation sites is 1. The molecule has 6 rings (SSSR count). The van der Waals surface area contributed by atoms with Crippen molar-refractivity contribution >= 4 is 5.91 Å². The van der Waals surface area contributed by atoms with Gasteiger partial charge in [0.2, 0.25) is 0 Å². The number of hydrogen-bond donors (Lipinski definition) is 0. The molecule has 2 aliphatic rings. The fourth-order valence-corrected chi connectivity index (χ4v) is 5.19. The van der Waals surface area contributed by atoms with Gasteiger partial charge in [0.25, 0.3) is 5.91 Å². The summed E-state index contributed by atoms with van der Waals surface area (Å²) in [6.45, 7) is 2.36. The van der Waals surface area contributed by atoms with E-state index in [2.05, 4.69) is 14.8 Å². The smallest absolute Gasteiger partial charge is 0.272 e. The van der Waals surface area contributed by atoms with E-state index in [4.69, 9.17) is 9.52 Å². The third kappa shape index (κ3) is 3.83. The maximum absolute atomic E-state index is 13.8. The lowest BCUT2D eigenvalue weighted by atomic mass is 9.96. The second-order valence-corrected chi connectivity index (χ2v) is 9.17. The van der Waals surface area contributed by atoms with Gasteiger partial charge in [-0.1, -0.05) is 24.6 Å². The van der Waals surface area contributed by atoms with Crippen molar-refractivity contribution in [2.24, 2.45) is 0 Å². The Hall–Kier alpha value is -3.68. The van der Waals surface area contributed by atoms with Crippen LogP contribution in [-0.2, 0) is 13.0 Å². The average Bonchev–Trinajstić information content (AvgIpc) is 3.62. The number of aryl methyl sites for hydroxylation is 1. The monoisotopic (exact) mass is 456 g/mol. The number of carbonyl (C=O) groups excluding carboxylic acids is 1. The molecule has 8 heteroatoms. The van der Waals surface area contributed by atoms with E-state index in [0.717, 1.165) is 49.7 Å². The van der Waals surface area contributed by atoms with Gasteiger partial charge in [-0.15, -0.1) is 10.2 Å². The van der Waals surface area contributed by atoms with Crippen LogP contribution in [0.5, 0.6) is 0 Å². The Labute approximate surface area is 198 Å². The third-order valence-electron chi connectivity index (χ3n) is 6.91. The molecule has 4 aromatic rings. The van der Waals surface area contributed by atoms with E-state index >= 15 is 0 Å². The summed E-state index contributed by atoms with van der Waals surface area (Å²) in [7, 11) is 0. The first-order valence-electron chi connectivity index (χ1n) is 12.2. The van der Waals surface area contributed by atoms with Gasteiger partial charge in [-0.25, -0.2) is 4.68 Å². The molecular weight excluding hydrogens is 428 g/mol. The molecule has 0 unspecified atom stereocenters. The minimum absolute atomic E-state index is 0.0190. The lowest BCUT2D eigenvalue weighted by molar-refractivity contribution is 0.0694. The molecule has 1 amide bonds. The average molecular weight is 457 g/mol. The standard InChI is InChI=1S/C26H28N6O2/c33-26(22-17-21(23-12-8-16-34-23)29-32(22)20-10-3-1-4-11-20)30-14-7-9-19(18-30)25-28-27-24-13-5-2-6-15-31(24)25/h1,3-4,8,10-12,16-17,19H,2,5-7,9,13-15,18H2/t19-/m1/s1. The summed E-state index contributed by atoms with van der Waals surface area (Å²) in [4.78, 5) is 15.8. The number of benzene rings is 1. The van der Waals surface area contributed by atoms with Crippen molar-refractivity contribution in [2.75, 3.05) is 13.1 Å². The van der Waals surface area contributed by atoms with Gasteiger partial charge in [-0.3, -0.25) is 4.79 Å². The van der Waals surface area contributed by atoms with Crippen LogP contribution in [0.2, 0.25) is 0 Å². The van der Waals surface area contributed by atoms with Crippen molar-refractivity contribution in [3.8, 4) is 17.1 Å². The number of nitrogens with zero attached hydrogens (tertiary/aromatic N) is 6. The highest BCUT2D eigenvalue weighted by atomic mass is 16.3. The van der Waals surface area contributed by atoms with Crippen LogP contribution in [0.15, 0.2) is 59.2 Å². The van der Waals surface area contributed by atoms with Gasteiger partial charge in [0.1, 0.15) is 23.0 Å². The largest absolute Gasteiger partial charge is 0.463 e. The SMILES string of the molecule is O=C(c1cc(-c2ccco2)nn1-c1ccccc1)N1CCC[C@@H](c2nnc3n2CCCCC3)C1. The van der Waals surface area contributed by atoms with Crippen molar-refractivity contribution in [3.63, 3.8) is 0 Å². The first-order chi connectivity index (χ1) is 16.8. The molecule has 1 atom stereocenters. The molecule has 0 N–H and O–H groups in total. The molecule has 174 valence electrons. The molecule has 0 bridgehead atoms. The molecule has 0 spiro atoms. The van der Waals surface area contributed by atoms with Gasteiger partial charge in [-0.05, 0) is 49.9 Å². The highest BCUT2D eigenvalue weighted by Crippen LogP contribution is 2.30. The minimum Gasteiger partial charge on any atom is -0.463 e. The summed E-state index contributed by atoms with van der Waals surface area (Å²) in [5, 5.41) is 13.8. The Morgan fingerprint density at radius 1 is 0.971 bits per heavy atom. The number of aromatic nitrogens is 5. The second kappa shape index (κ2) is 8.93. The van der Waals surface area contributed by atoms with Crippen LogP contribution in [0, 0.1) is 0 Å². The zero-order valence-electron chi connectivity index (χ0n) is 19.1. The summed E-state index contributed by atoms with van der Waals surface area (Å²) < 4.78 is 9.60. The fraction of sp³-hybridized carbons (Fsp3) is 0.385. The predicted molar refractivity (Wildman–Crippen MR) is 127 cm³/mol. The first-order valence-corrected chi connectivity index (χ1v) is 12.2. The van der Waals surface area contributed by atoms with Gasteiger partial charge in [-0.2, -0.15) is 5.10 Å². The zero-order valence-corrected chi connectivity index (χ0v) is 19.1. The molecule has 2 aliphatic heterocycles. The van der Waals surface area contributed by atoms with Crippen LogP contribution in [0.1, 0.15) is 60.2 Å². The summed E-state index contributed by atoms with van der Waals surface area (Å²) in [6.07, 6.45) is 8.16. The number of hydrogen-bond acceptors (Lipinski definition) is 5. The van der Waals surface area contributed by atoms with E-state index in [9.17, 15) is 4.79 Å². The summed E-state index contributed by atoms with van der Waals surface area (Å²) in [6, 6.07) is 15.3. The molecule has 1 fully saturated rings. The molecule has 0 saturated carbocycles. The maximum atomic E-state index is 13.8. The van der Waals surface area contributed by atoms with E-state index in [1.54, 1.807) is 10.9 Å². The van der Waals surface area contributed by atoms with Gasteiger partial charge < -0.3 is 13.9 Å². The van der Waals surface area contributed by atoms with E-state index in [1.165, 1.54) is 19.3 Å². The second-order valence-electron chi connectivity index (χ2n) is 9.17. The van der Waals surface area contributed by atoms with Gasteiger partial charge in [0, 0.05) is 38.0 Å². The van der Waals surface area contributed by atoms with Crippen LogP contribution in [-0.4, -0.2) is 48.4 Å². The Balaban J connectivity index is 1.31. The van der Waals surface area contributed by atoms with Crippen LogP contribution in [0.3, 0.4) is 0 Å². The van der Waals surface area contributed by atoms with Gasteiger partial charge in [0.15, 0.2) is 5.76 Å². The van der Waals surface area contributed by atoms with Crippen molar-refractivity contribution in [3.05, 3.63) is 72.1 Å². The van der Waals surface area contributed by atoms with Crippen molar-refractivity contribution in [1.29, 1.82) is 0 Å². The molecule has 1 saturated heterocycles. The molecule has 1 aromatic carbocycles. The molecule has 5 heterocycles. The maximum Gasteiger partial charge on any atom is 0.272 e. The lowest BCUT2D eigenvalue weighted by Gasteiger charge is -2.32. The van der Waals surface area contributed by atoms with E-state index in [-0.39, 0.29) is 11.8 Å². The minimum atomic E-state index is -0.0190. The van der Waals surface area contributed by atoms with Crippen LogP contribution in [0.25, 0.3) is 17.1 Å². The van der Waals surface area contributed by atoms with E-state index in [1.807, 2.05) is 53.4 Å². The highest BCUT2D eigenvalue weighted by Gasteiger charge is 2.32. The lowest BCUT2D eigenvalue weighted by Crippen LogP contribution is -2.40. The Morgan fingerprint density at radius 2 is 1.88 bits per heavy atom. The van der Waals surface area contributed by atoms with E-state index in [0.29, 0.717) is 23.7 Å². The van der Waals surface area contributed by atoms with Crippen LogP contribution < -0.4 is 0 Å². The molecule has 0 radical (unpaired) electrons. The molecule has 34 heavy (non-hydrogen) atoms. The van der Waals surface area contributed by atoms with Crippen LogP contribution >= 0.6 is 0 Å². The number of furan rings is 1.